The zero-order valence-electron chi connectivity index (χ0n) is 6.92. The molecule has 0 radical (unpaired) electrons. The highest BCUT2D eigenvalue weighted by atomic mass is 16.1. The summed E-state index contributed by atoms with van der Waals surface area (Å²) in [7, 11) is 0. The third kappa shape index (κ3) is 1.14. The zero-order valence-corrected chi connectivity index (χ0v) is 6.92. The minimum absolute atomic E-state index is 0.0948. The van der Waals surface area contributed by atoms with Gasteiger partial charge in [0.05, 0.1) is 5.52 Å². The summed E-state index contributed by atoms with van der Waals surface area (Å²) in [6.45, 7) is 1.44. The summed E-state index contributed by atoms with van der Waals surface area (Å²) in [5, 5.41) is 0. The Balaban J connectivity index is 2.90. The lowest BCUT2D eigenvalue weighted by Gasteiger charge is -1.94. The van der Waals surface area contributed by atoms with Crippen LogP contribution >= 0.6 is 0 Å². The molecule has 0 saturated carbocycles. The monoisotopic (exact) mass is 177 g/mol. The molecular weight excluding hydrogens is 170 g/mol. The largest absolute Gasteiger partial charge is 0.325 e. The summed E-state index contributed by atoms with van der Waals surface area (Å²) in [5.41, 5.74) is 1.01. The second-order valence-corrected chi connectivity index (χ2v) is 2.72. The molecule has 0 bridgehead atoms. The quantitative estimate of drug-likeness (QED) is 0.621. The first-order valence-electron chi connectivity index (χ1n) is 3.76. The molecule has 5 heteroatoms. The Morgan fingerprint density at radius 1 is 1.46 bits per heavy atom. The number of hydrogen-bond acceptors (Lipinski definition) is 3. The van der Waals surface area contributed by atoms with E-state index in [2.05, 4.69) is 15.0 Å². The van der Waals surface area contributed by atoms with Gasteiger partial charge in [-0.2, -0.15) is 0 Å². The van der Waals surface area contributed by atoms with Crippen molar-refractivity contribution in [1.82, 2.24) is 15.0 Å². The van der Waals surface area contributed by atoms with Gasteiger partial charge in [0.1, 0.15) is 0 Å². The first-order valence-corrected chi connectivity index (χ1v) is 3.76. The van der Waals surface area contributed by atoms with Crippen LogP contribution in [-0.4, -0.2) is 20.7 Å². The number of aromatic amines is 2. The summed E-state index contributed by atoms with van der Waals surface area (Å²) in [4.78, 5) is 30.9. The number of nitrogens with zero attached hydrogens (tertiary/aromatic N) is 1. The topological polar surface area (TPSA) is 78.6 Å². The molecule has 2 heterocycles. The third-order valence-electron chi connectivity index (χ3n) is 1.80. The van der Waals surface area contributed by atoms with Gasteiger partial charge in [0.25, 0.3) is 0 Å². The maximum Gasteiger partial charge on any atom is 0.325 e. The lowest BCUT2D eigenvalue weighted by Crippen LogP contribution is -2.00. The molecule has 0 atom stereocenters. The molecule has 0 aromatic carbocycles. The van der Waals surface area contributed by atoms with Gasteiger partial charge >= 0.3 is 5.69 Å². The van der Waals surface area contributed by atoms with Gasteiger partial charge in [-0.05, 0) is 13.0 Å². The van der Waals surface area contributed by atoms with E-state index in [4.69, 9.17) is 0 Å². The fourth-order valence-electron chi connectivity index (χ4n) is 1.23. The number of fused-ring (bicyclic) bond motifs is 1. The summed E-state index contributed by atoms with van der Waals surface area (Å²) in [6, 6.07) is 1.58. The predicted molar refractivity (Wildman–Crippen MR) is 46.7 cm³/mol. The first kappa shape index (κ1) is 7.72. The van der Waals surface area contributed by atoms with Crippen LogP contribution in [0.3, 0.4) is 0 Å². The fourth-order valence-corrected chi connectivity index (χ4v) is 1.23. The Morgan fingerprint density at radius 3 is 2.92 bits per heavy atom. The van der Waals surface area contributed by atoms with Gasteiger partial charge in [0.15, 0.2) is 11.4 Å². The Bertz CT molecular complexity index is 523. The molecule has 0 spiro atoms. The Kier molecular flexibility index (Phi) is 1.51. The fraction of sp³-hybridized carbons (Fsp3) is 0.125. The Hall–Kier alpha value is -1.91. The van der Waals surface area contributed by atoms with Gasteiger partial charge in [0, 0.05) is 11.8 Å². The van der Waals surface area contributed by atoms with Gasteiger partial charge < -0.3 is 4.98 Å². The number of H-pyrrole nitrogens is 2. The molecule has 0 aliphatic rings. The predicted octanol–water partition coefficient (Wildman–Crippen LogP) is 0.454. The highest BCUT2D eigenvalue weighted by Crippen LogP contribution is 2.10. The SMILES string of the molecule is CC(=O)c1ccnc2[nH]c(=O)[nH]c12. The molecule has 0 fully saturated rings. The van der Waals surface area contributed by atoms with Crippen LogP contribution in [0, 0.1) is 0 Å². The van der Waals surface area contributed by atoms with E-state index in [-0.39, 0.29) is 11.5 Å². The van der Waals surface area contributed by atoms with Crippen LogP contribution in [-0.2, 0) is 0 Å². The minimum atomic E-state index is -0.351. The number of nitrogens with one attached hydrogen (secondary N) is 2. The molecule has 2 aromatic rings. The van der Waals surface area contributed by atoms with E-state index >= 15 is 0 Å². The summed E-state index contributed by atoms with van der Waals surface area (Å²) in [5.74, 6) is -0.0948. The molecule has 0 saturated heterocycles. The molecule has 5 nitrogen and oxygen atoms in total. The summed E-state index contributed by atoms with van der Waals surface area (Å²) in [6.07, 6.45) is 1.49. The van der Waals surface area contributed by atoms with Crippen LogP contribution in [0.5, 0.6) is 0 Å². The average molecular weight is 177 g/mol. The smallest absolute Gasteiger partial charge is 0.304 e. The molecule has 2 N–H and O–H groups in total. The molecular formula is C8H7N3O2. The van der Waals surface area contributed by atoms with Crippen molar-refractivity contribution in [3.63, 3.8) is 0 Å². The molecule has 0 aliphatic carbocycles. The Labute approximate surface area is 72.8 Å². The average Bonchev–Trinajstić information content (AvgIpc) is 2.43. The van der Waals surface area contributed by atoms with E-state index in [0.29, 0.717) is 16.7 Å². The summed E-state index contributed by atoms with van der Waals surface area (Å²) < 4.78 is 0. The summed E-state index contributed by atoms with van der Waals surface area (Å²) >= 11 is 0. The zero-order chi connectivity index (χ0) is 9.42. The third-order valence-corrected chi connectivity index (χ3v) is 1.80. The van der Waals surface area contributed by atoms with E-state index < -0.39 is 0 Å². The van der Waals surface area contributed by atoms with Crippen LogP contribution in [0.2, 0.25) is 0 Å². The number of imidazole rings is 1. The number of hydrogen-bond donors (Lipinski definition) is 2. The van der Waals surface area contributed by atoms with E-state index in [0.717, 1.165) is 0 Å². The van der Waals surface area contributed by atoms with Crippen LogP contribution < -0.4 is 5.69 Å². The molecule has 13 heavy (non-hydrogen) atoms. The first-order chi connectivity index (χ1) is 6.18. The van der Waals surface area contributed by atoms with E-state index in [1.54, 1.807) is 6.07 Å². The van der Waals surface area contributed by atoms with Crippen LogP contribution in [0.4, 0.5) is 0 Å². The highest BCUT2D eigenvalue weighted by molar-refractivity contribution is 6.03. The number of carbonyl (C=O) groups excluding carboxylic acids is 1. The van der Waals surface area contributed by atoms with E-state index in [9.17, 15) is 9.59 Å². The lowest BCUT2D eigenvalue weighted by atomic mass is 10.2. The van der Waals surface area contributed by atoms with Crippen LogP contribution in [0.15, 0.2) is 17.1 Å². The van der Waals surface area contributed by atoms with Gasteiger partial charge in [-0.15, -0.1) is 0 Å². The number of pyridine rings is 1. The number of aromatic nitrogens is 3. The highest BCUT2D eigenvalue weighted by Gasteiger charge is 2.07. The van der Waals surface area contributed by atoms with Crippen molar-refractivity contribution in [1.29, 1.82) is 0 Å². The van der Waals surface area contributed by atoms with Crippen molar-refractivity contribution in [2.24, 2.45) is 0 Å². The van der Waals surface area contributed by atoms with Crippen molar-refractivity contribution >= 4 is 16.9 Å². The molecule has 2 rings (SSSR count). The standard InChI is InChI=1S/C8H7N3O2/c1-4(12)5-2-3-9-7-6(5)10-8(13)11-7/h2-3H,1H3,(H2,9,10,11,13). The van der Waals surface area contributed by atoms with E-state index in [1.165, 1.54) is 13.1 Å². The second-order valence-electron chi connectivity index (χ2n) is 2.72. The normalized spacial score (nSPS) is 10.5. The lowest BCUT2D eigenvalue weighted by molar-refractivity contribution is 0.101. The van der Waals surface area contributed by atoms with Gasteiger partial charge in [-0.3, -0.25) is 9.78 Å². The van der Waals surface area contributed by atoms with E-state index in [1.807, 2.05) is 0 Å². The maximum absolute atomic E-state index is 11.1. The second kappa shape index (κ2) is 2.55. The van der Waals surface area contributed by atoms with Crippen molar-refractivity contribution in [2.75, 3.05) is 0 Å². The van der Waals surface area contributed by atoms with Crippen molar-refractivity contribution in [2.45, 2.75) is 6.92 Å². The van der Waals surface area contributed by atoms with Gasteiger partial charge in [-0.1, -0.05) is 0 Å². The molecule has 66 valence electrons. The maximum atomic E-state index is 11.1. The van der Waals surface area contributed by atoms with Crippen LogP contribution in [0.25, 0.3) is 11.2 Å². The number of rotatable bonds is 1. The van der Waals surface area contributed by atoms with Crippen molar-refractivity contribution in [3.8, 4) is 0 Å². The molecule has 2 aromatic heterocycles. The van der Waals surface area contributed by atoms with Gasteiger partial charge in [0.2, 0.25) is 0 Å². The van der Waals surface area contributed by atoms with Gasteiger partial charge in [-0.25, -0.2) is 9.78 Å². The van der Waals surface area contributed by atoms with Crippen LogP contribution in [0.1, 0.15) is 17.3 Å². The van der Waals surface area contributed by atoms with Crippen molar-refractivity contribution in [3.05, 3.63) is 28.3 Å². The number of ketones is 1. The minimum Gasteiger partial charge on any atom is -0.304 e. The molecule has 0 aliphatic heterocycles. The van der Waals surface area contributed by atoms with Crippen molar-refractivity contribution < 1.29 is 4.79 Å². The Morgan fingerprint density at radius 2 is 2.23 bits per heavy atom. The molecule has 0 unspecified atom stereocenters. The number of carbonyl (C=O) groups is 1. The number of Topliss-reactive ketones (excluding diaryl/α,β-unsaturated/α-hetero) is 1. The molecule has 0 amide bonds.